The van der Waals surface area contributed by atoms with Gasteiger partial charge in [-0.2, -0.15) is 0 Å². The molecule has 0 atom stereocenters. The molecular weight excluding hydrogens is 280 g/mol. The van der Waals surface area contributed by atoms with E-state index in [0.717, 1.165) is 45.1 Å². The van der Waals surface area contributed by atoms with Crippen LogP contribution < -0.4 is 11.1 Å². The Morgan fingerprint density at radius 2 is 1.90 bits per heavy atom. The standard InChI is InChI=1S/C17H26N2OS/c1-14-6-8-15(9-7-14)21-17(10-2-3-11-17)16(20)19-13-5-4-12-18/h6-9H,2-5,10-13,18H2,1H3,(H,19,20). The van der Waals surface area contributed by atoms with Crippen LogP contribution in [0.2, 0.25) is 0 Å². The Kier molecular flexibility index (Phi) is 6.12. The number of carbonyl (C=O) groups excluding carboxylic acids is 1. The van der Waals surface area contributed by atoms with Gasteiger partial charge in [-0.15, -0.1) is 11.8 Å². The smallest absolute Gasteiger partial charge is 0.236 e. The van der Waals surface area contributed by atoms with Gasteiger partial charge >= 0.3 is 0 Å². The number of thioether (sulfide) groups is 1. The van der Waals surface area contributed by atoms with Crippen LogP contribution in [-0.4, -0.2) is 23.7 Å². The zero-order valence-corrected chi connectivity index (χ0v) is 13.7. The fourth-order valence-electron chi connectivity index (χ4n) is 2.79. The monoisotopic (exact) mass is 306 g/mol. The molecule has 116 valence electrons. The summed E-state index contributed by atoms with van der Waals surface area (Å²) in [6.07, 6.45) is 6.19. The summed E-state index contributed by atoms with van der Waals surface area (Å²) in [5.74, 6) is 0.211. The first-order valence-corrected chi connectivity index (χ1v) is 8.72. The molecule has 0 unspecified atom stereocenters. The minimum atomic E-state index is -0.266. The second kappa shape index (κ2) is 7.85. The minimum Gasteiger partial charge on any atom is -0.355 e. The van der Waals surface area contributed by atoms with Crippen molar-refractivity contribution in [2.24, 2.45) is 5.73 Å². The molecule has 1 aliphatic carbocycles. The third-order valence-corrected chi connectivity index (χ3v) is 5.57. The molecule has 1 saturated carbocycles. The van der Waals surface area contributed by atoms with Crippen LogP contribution in [0.4, 0.5) is 0 Å². The predicted octanol–water partition coefficient (Wildman–Crippen LogP) is 3.26. The second-order valence-corrected chi connectivity index (χ2v) is 7.33. The van der Waals surface area contributed by atoms with E-state index < -0.39 is 0 Å². The maximum Gasteiger partial charge on any atom is 0.236 e. The fourth-order valence-corrected chi connectivity index (χ4v) is 4.17. The SMILES string of the molecule is Cc1ccc(SC2(C(=O)NCCCCN)CCCC2)cc1. The molecule has 0 aliphatic heterocycles. The first-order valence-electron chi connectivity index (χ1n) is 7.90. The molecule has 0 aromatic heterocycles. The molecular formula is C17H26N2OS. The average Bonchev–Trinajstić information content (AvgIpc) is 2.96. The third-order valence-electron chi connectivity index (χ3n) is 4.08. The number of nitrogens with one attached hydrogen (secondary N) is 1. The Morgan fingerprint density at radius 3 is 2.52 bits per heavy atom. The highest BCUT2D eigenvalue weighted by Gasteiger charge is 2.41. The lowest BCUT2D eigenvalue weighted by molar-refractivity contribution is -0.123. The maximum atomic E-state index is 12.6. The maximum absolute atomic E-state index is 12.6. The summed E-state index contributed by atoms with van der Waals surface area (Å²) in [4.78, 5) is 13.8. The van der Waals surface area contributed by atoms with E-state index in [1.54, 1.807) is 11.8 Å². The van der Waals surface area contributed by atoms with Crippen LogP contribution in [0.15, 0.2) is 29.2 Å². The van der Waals surface area contributed by atoms with Gasteiger partial charge in [0.25, 0.3) is 0 Å². The lowest BCUT2D eigenvalue weighted by Gasteiger charge is -2.27. The number of hydrogen-bond donors (Lipinski definition) is 2. The summed E-state index contributed by atoms with van der Waals surface area (Å²) in [5.41, 5.74) is 6.75. The van der Waals surface area contributed by atoms with E-state index in [1.165, 1.54) is 10.5 Å². The number of unbranched alkanes of at least 4 members (excludes halogenated alkanes) is 1. The van der Waals surface area contributed by atoms with Crippen LogP contribution in [0.3, 0.4) is 0 Å². The van der Waals surface area contributed by atoms with Gasteiger partial charge in [0.05, 0.1) is 4.75 Å². The van der Waals surface area contributed by atoms with E-state index in [1.807, 2.05) is 0 Å². The van der Waals surface area contributed by atoms with Crippen molar-refractivity contribution in [3.63, 3.8) is 0 Å². The predicted molar refractivity (Wildman–Crippen MR) is 89.5 cm³/mol. The van der Waals surface area contributed by atoms with Gasteiger partial charge in [0.15, 0.2) is 0 Å². The van der Waals surface area contributed by atoms with E-state index in [4.69, 9.17) is 5.73 Å². The highest BCUT2D eigenvalue weighted by Crippen LogP contribution is 2.45. The van der Waals surface area contributed by atoms with E-state index in [0.29, 0.717) is 6.54 Å². The third kappa shape index (κ3) is 4.48. The van der Waals surface area contributed by atoms with Crippen LogP contribution in [0.5, 0.6) is 0 Å². The van der Waals surface area contributed by atoms with Gasteiger partial charge < -0.3 is 11.1 Å². The van der Waals surface area contributed by atoms with Crippen molar-refractivity contribution in [1.82, 2.24) is 5.32 Å². The highest BCUT2D eigenvalue weighted by molar-refractivity contribution is 8.01. The first kappa shape index (κ1) is 16.4. The molecule has 3 N–H and O–H groups in total. The van der Waals surface area contributed by atoms with Crippen LogP contribution in [0, 0.1) is 6.92 Å². The van der Waals surface area contributed by atoms with E-state index in [2.05, 4.69) is 36.5 Å². The van der Waals surface area contributed by atoms with Crippen molar-refractivity contribution < 1.29 is 4.79 Å². The zero-order valence-electron chi connectivity index (χ0n) is 12.9. The van der Waals surface area contributed by atoms with Gasteiger partial charge in [-0.25, -0.2) is 0 Å². The molecule has 0 radical (unpaired) electrons. The number of nitrogens with two attached hydrogens (primary N) is 1. The summed E-state index contributed by atoms with van der Waals surface area (Å²) in [7, 11) is 0. The Balaban J connectivity index is 1.98. The molecule has 1 aromatic carbocycles. The van der Waals surface area contributed by atoms with Gasteiger partial charge in [0.2, 0.25) is 5.91 Å². The van der Waals surface area contributed by atoms with Crippen molar-refractivity contribution in [2.75, 3.05) is 13.1 Å². The molecule has 0 spiro atoms. The summed E-state index contributed by atoms with van der Waals surface area (Å²) >= 11 is 1.74. The van der Waals surface area contributed by atoms with Crippen molar-refractivity contribution in [2.45, 2.75) is 55.1 Å². The molecule has 1 aromatic rings. The molecule has 3 nitrogen and oxygen atoms in total. The fraction of sp³-hybridized carbons (Fsp3) is 0.588. The summed E-state index contributed by atoms with van der Waals surface area (Å²) in [6.45, 7) is 3.52. The molecule has 21 heavy (non-hydrogen) atoms. The van der Waals surface area contributed by atoms with Crippen molar-refractivity contribution >= 4 is 17.7 Å². The van der Waals surface area contributed by atoms with Gasteiger partial charge in [0, 0.05) is 11.4 Å². The molecule has 0 heterocycles. The molecule has 4 heteroatoms. The van der Waals surface area contributed by atoms with Crippen molar-refractivity contribution in [3.8, 4) is 0 Å². The van der Waals surface area contributed by atoms with Gasteiger partial charge in [-0.1, -0.05) is 30.5 Å². The molecule has 0 saturated heterocycles. The molecule has 0 bridgehead atoms. The van der Waals surface area contributed by atoms with Crippen LogP contribution >= 0.6 is 11.8 Å². The molecule has 1 aliphatic rings. The minimum absolute atomic E-state index is 0.211. The quantitative estimate of drug-likeness (QED) is 0.760. The number of carbonyl (C=O) groups is 1. The van der Waals surface area contributed by atoms with Gasteiger partial charge in [-0.3, -0.25) is 4.79 Å². The number of aryl methyl sites for hydroxylation is 1. The van der Waals surface area contributed by atoms with Crippen molar-refractivity contribution in [3.05, 3.63) is 29.8 Å². The van der Waals surface area contributed by atoms with E-state index in [-0.39, 0.29) is 10.7 Å². The Bertz CT molecular complexity index is 452. The molecule has 2 rings (SSSR count). The average molecular weight is 306 g/mol. The summed E-state index contributed by atoms with van der Waals surface area (Å²) in [6, 6.07) is 8.48. The summed E-state index contributed by atoms with van der Waals surface area (Å²) < 4.78 is -0.266. The number of hydrogen-bond acceptors (Lipinski definition) is 3. The zero-order chi connectivity index (χ0) is 15.1. The first-order chi connectivity index (χ1) is 10.2. The normalized spacial score (nSPS) is 16.9. The lowest BCUT2D eigenvalue weighted by atomic mass is 10.1. The van der Waals surface area contributed by atoms with E-state index >= 15 is 0 Å². The van der Waals surface area contributed by atoms with Crippen molar-refractivity contribution in [1.29, 1.82) is 0 Å². The highest BCUT2D eigenvalue weighted by atomic mass is 32.2. The Labute approximate surface area is 132 Å². The Morgan fingerprint density at radius 1 is 1.24 bits per heavy atom. The summed E-state index contributed by atoms with van der Waals surface area (Å²) in [5, 5.41) is 3.12. The lowest BCUT2D eigenvalue weighted by Crippen LogP contribution is -2.42. The van der Waals surface area contributed by atoms with Crippen LogP contribution in [0.1, 0.15) is 44.1 Å². The topological polar surface area (TPSA) is 55.1 Å². The van der Waals surface area contributed by atoms with Gasteiger partial charge in [-0.05, 0) is 51.3 Å². The molecule has 1 fully saturated rings. The second-order valence-electron chi connectivity index (χ2n) is 5.87. The van der Waals surface area contributed by atoms with Gasteiger partial charge in [0.1, 0.15) is 0 Å². The largest absolute Gasteiger partial charge is 0.355 e. The van der Waals surface area contributed by atoms with Crippen LogP contribution in [-0.2, 0) is 4.79 Å². The number of benzene rings is 1. The van der Waals surface area contributed by atoms with E-state index in [9.17, 15) is 4.79 Å². The number of rotatable bonds is 7. The number of amides is 1. The molecule has 1 amide bonds. The Hall–Kier alpha value is -1.00. The van der Waals surface area contributed by atoms with Crippen LogP contribution in [0.25, 0.3) is 0 Å².